The van der Waals surface area contributed by atoms with Crippen LogP contribution in [0.2, 0.25) is 0 Å². The normalized spacial score (nSPS) is 17.6. The third-order valence-electron chi connectivity index (χ3n) is 6.98. The number of carbonyl (C=O) groups is 2. The number of morpholine rings is 1. The minimum absolute atomic E-state index is 0.113. The molecule has 39 heavy (non-hydrogen) atoms. The highest BCUT2D eigenvalue weighted by atomic mass is 32.1. The average Bonchev–Trinajstić information content (AvgIpc) is 3.67. The number of thiophene rings is 1. The van der Waals surface area contributed by atoms with Crippen LogP contribution in [0.15, 0.2) is 71.1 Å². The fraction of sp³-hybridized carbons (Fsp3) is 0.345. The predicted molar refractivity (Wildman–Crippen MR) is 148 cm³/mol. The maximum Gasteiger partial charge on any atom is 0.264 e. The quantitative estimate of drug-likeness (QED) is 0.402. The van der Waals surface area contributed by atoms with Gasteiger partial charge in [0.05, 0.1) is 37.0 Å². The summed E-state index contributed by atoms with van der Waals surface area (Å²) >= 11 is 1.36. The predicted octanol–water partition coefficient (Wildman–Crippen LogP) is 4.05. The Hall–Kier alpha value is -3.60. The first kappa shape index (κ1) is 27.0. The van der Waals surface area contributed by atoms with Gasteiger partial charge in [0.15, 0.2) is 0 Å². The number of methoxy groups -OCH3 is 1. The molecule has 5 rings (SSSR count). The Morgan fingerprint density at radius 1 is 1.10 bits per heavy atom. The van der Waals surface area contributed by atoms with Crippen LogP contribution in [0.25, 0.3) is 0 Å². The van der Waals surface area contributed by atoms with Crippen molar-refractivity contribution in [1.82, 2.24) is 14.8 Å². The van der Waals surface area contributed by atoms with E-state index in [0.717, 1.165) is 35.7 Å². The molecule has 0 radical (unpaired) electrons. The maximum atomic E-state index is 13.8. The van der Waals surface area contributed by atoms with Crippen molar-refractivity contribution in [3.8, 4) is 5.75 Å². The Morgan fingerprint density at radius 3 is 2.51 bits per heavy atom. The second-order valence-corrected chi connectivity index (χ2v) is 10.4. The largest absolute Gasteiger partial charge is 0.497 e. The fourth-order valence-corrected chi connectivity index (χ4v) is 5.46. The summed E-state index contributed by atoms with van der Waals surface area (Å²) in [5.41, 5.74) is 2.39. The van der Waals surface area contributed by atoms with Crippen LogP contribution in [0, 0.1) is 5.82 Å². The second-order valence-electron chi connectivity index (χ2n) is 9.44. The lowest BCUT2D eigenvalue weighted by atomic mass is 9.98. The van der Waals surface area contributed by atoms with Gasteiger partial charge in [-0.05, 0) is 59.0 Å². The summed E-state index contributed by atoms with van der Waals surface area (Å²) in [6.45, 7) is 3.86. The lowest BCUT2D eigenvalue weighted by molar-refractivity contribution is -0.133. The van der Waals surface area contributed by atoms with Crippen molar-refractivity contribution in [2.24, 2.45) is 5.10 Å². The average molecular weight is 551 g/mol. The highest BCUT2D eigenvalue weighted by Crippen LogP contribution is 2.33. The summed E-state index contributed by atoms with van der Waals surface area (Å²) in [7, 11) is 1.61. The molecule has 2 aliphatic heterocycles. The minimum atomic E-state index is -0.409. The number of hydrogen-bond donors (Lipinski definition) is 0. The number of ether oxygens (including phenoxy) is 2. The fourth-order valence-electron chi connectivity index (χ4n) is 4.77. The molecule has 2 aliphatic rings. The molecule has 204 valence electrons. The summed E-state index contributed by atoms with van der Waals surface area (Å²) in [4.78, 5) is 31.6. The SMILES string of the molecule is COc1ccc(C2=NN(C(=O)CN(CCN3CCOCC3)C(=O)c3cccs3)[C@@H](c3ccc(F)cc3)C2)cc1. The standard InChI is InChI=1S/C29H31FN4O4S/c1-37-24-10-6-21(7-11-24)25-19-26(22-4-8-23(30)9-5-22)34(31-25)28(35)20-33(29(36)27-3-2-18-39-27)13-12-32-14-16-38-17-15-32/h2-11,18,26H,12-17,19-20H2,1H3/t26-/m1/s1. The summed E-state index contributed by atoms with van der Waals surface area (Å²) in [5.74, 6) is -0.0895. The van der Waals surface area contributed by atoms with Crippen LogP contribution in [-0.4, -0.2) is 85.4 Å². The maximum absolute atomic E-state index is 13.8. The molecule has 3 aromatic rings. The van der Waals surface area contributed by atoms with Crippen LogP contribution in [-0.2, 0) is 9.53 Å². The molecule has 10 heteroatoms. The lowest BCUT2D eigenvalue weighted by Crippen LogP contribution is -2.46. The van der Waals surface area contributed by atoms with E-state index in [1.807, 2.05) is 35.7 Å². The van der Waals surface area contributed by atoms with E-state index in [0.29, 0.717) is 37.6 Å². The third kappa shape index (κ3) is 6.52. The molecule has 0 unspecified atom stereocenters. The molecule has 2 amide bonds. The highest BCUT2D eigenvalue weighted by Gasteiger charge is 2.35. The zero-order valence-electron chi connectivity index (χ0n) is 21.8. The van der Waals surface area contributed by atoms with E-state index in [4.69, 9.17) is 14.6 Å². The zero-order valence-corrected chi connectivity index (χ0v) is 22.6. The van der Waals surface area contributed by atoms with E-state index >= 15 is 0 Å². The lowest BCUT2D eigenvalue weighted by Gasteiger charge is -2.31. The van der Waals surface area contributed by atoms with Gasteiger partial charge in [-0.3, -0.25) is 14.5 Å². The van der Waals surface area contributed by atoms with E-state index < -0.39 is 6.04 Å². The van der Waals surface area contributed by atoms with Crippen LogP contribution in [0.4, 0.5) is 4.39 Å². The van der Waals surface area contributed by atoms with Gasteiger partial charge in [0, 0.05) is 32.6 Å². The van der Waals surface area contributed by atoms with E-state index in [9.17, 15) is 14.0 Å². The Bertz CT molecular complexity index is 1290. The van der Waals surface area contributed by atoms with Gasteiger partial charge in [0.25, 0.3) is 11.8 Å². The van der Waals surface area contributed by atoms with Gasteiger partial charge in [0.1, 0.15) is 18.1 Å². The Labute approximate surface area is 231 Å². The van der Waals surface area contributed by atoms with E-state index in [1.54, 1.807) is 30.2 Å². The Balaban J connectivity index is 1.39. The molecule has 1 aromatic heterocycles. The van der Waals surface area contributed by atoms with Gasteiger partial charge < -0.3 is 14.4 Å². The third-order valence-corrected chi connectivity index (χ3v) is 7.84. The molecule has 0 saturated carbocycles. The number of hydrazone groups is 1. The molecule has 1 saturated heterocycles. The molecule has 1 atom stereocenters. The molecule has 0 N–H and O–H groups in total. The van der Waals surface area contributed by atoms with Crippen molar-refractivity contribution in [1.29, 1.82) is 0 Å². The number of hydrogen-bond acceptors (Lipinski definition) is 7. The molecular weight excluding hydrogens is 519 g/mol. The van der Waals surface area contributed by atoms with Crippen LogP contribution < -0.4 is 4.74 Å². The number of carbonyl (C=O) groups excluding carboxylic acids is 2. The van der Waals surface area contributed by atoms with Crippen molar-refractivity contribution in [2.45, 2.75) is 12.5 Å². The van der Waals surface area contributed by atoms with E-state index in [1.165, 1.54) is 28.5 Å². The first-order valence-corrected chi connectivity index (χ1v) is 13.8. The number of halogens is 1. The van der Waals surface area contributed by atoms with Crippen LogP contribution in [0.5, 0.6) is 5.75 Å². The van der Waals surface area contributed by atoms with Crippen molar-refractivity contribution in [3.63, 3.8) is 0 Å². The van der Waals surface area contributed by atoms with Gasteiger partial charge in [0.2, 0.25) is 0 Å². The van der Waals surface area contributed by atoms with Gasteiger partial charge in [-0.15, -0.1) is 11.3 Å². The Morgan fingerprint density at radius 2 is 1.85 bits per heavy atom. The molecule has 8 nitrogen and oxygen atoms in total. The van der Waals surface area contributed by atoms with Crippen molar-refractivity contribution >= 4 is 28.9 Å². The van der Waals surface area contributed by atoms with E-state index in [-0.39, 0.29) is 24.2 Å². The van der Waals surface area contributed by atoms with Crippen LogP contribution >= 0.6 is 11.3 Å². The van der Waals surface area contributed by atoms with Gasteiger partial charge in [-0.25, -0.2) is 9.40 Å². The van der Waals surface area contributed by atoms with Gasteiger partial charge >= 0.3 is 0 Å². The number of amides is 2. The summed E-state index contributed by atoms with van der Waals surface area (Å²) < 4.78 is 24.4. The molecular formula is C29H31FN4O4S. The molecule has 0 bridgehead atoms. The monoisotopic (exact) mass is 550 g/mol. The first-order chi connectivity index (χ1) is 19.0. The van der Waals surface area contributed by atoms with Crippen molar-refractivity contribution in [3.05, 3.63) is 87.9 Å². The van der Waals surface area contributed by atoms with Gasteiger partial charge in [-0.2, -0.15) is 5.10 Å². The first-order valence-electron chi connectivity index (χ1n) is 12.9. The zero-order chi connectivity index (χ0) is 27.2. The number of rotatable bonds is 9. The minimum Gasteiger partial charge on any atom is -0.497 e. The Kier molecular flexibility index (Phi) is 8.65. The number of benzene rings is 2. The summed E-state index contributed by atoms with van der Waals surface area (Å²) in [6, 6.07) is 16.8. The van der Waals surface area contributed by atoms with Crippen LogP contribution in [0.3, 0.4) is 0 Å². The second kappa shape index (κ2) is 12.5. The van der Waals surface area contributed by atoms with Gasteiger partial charge in [-0.1, -0.05) is 18.2 Å². The smallest absolute Gasteiger partial charge is 0.264 e. The summed E-state index contributed by atoms with van der Waals surface area (Å²) in [5, 5.41) is 8.03. The van der Waals surface area contributed by atoms with Crippen molar-refractivity contribution in [2.75, 3.05) is 53.0 Å². The molecule has 0 aliphatic carbocycles. The highest BCUT2D eigenvalue weighted by molar-refractivity contribution is 7.12. The van der Waals surface area contributed by atoms with Crippen LogP contribution in [0.1, 0.15) is 33.3 Å². The molecule has 2 aromatic carbocycles. The molecule has 1 fully saturated rings. The number of nitrogens with zero attached hydrogens (tertiary/aromatic N) is 4. The topological polar surface area (TPSA) is 74.7 Å². The van der Waals surface area contributed by atoms with E-state index in [2.05, 4.69) is 4.90 Å². The summed E-state index contributed by atoms with van der Waals surface area (Å²) in [6.07, 6.45) is 0.469. The molecule has 3 heterocycles. The van der Waals surface area contributed by atoms with Crippen molar-refractivity contribution < 1.29 is 23.5 Å². The molecule has 0 spiro atoms.